The van der Waals surface area contributed by atoms with Crippen LogP contribution in [0.5, 0.6) is 0 Å². The van der Waals surface area contributed by atoms with E-state index in [-0.39, 0.29) is 5.41 Å². The smallest absolute Gasteiger partial charge is 0.232 e. The van der Waals surface area contributed by atoms with Crippen LogP contribution in [0.4, 0.5) is 17.6 Å². The highest BCUT2D eigenvalue weighted by Gasteiger charge is 2.34. The molecule has 0 saturated carbocycles. The van der Waals surface area contributed by atoms with E-state index in [1.165, 1.54) is 24.8 Å². The SMILES string of the molecule is CC1CCCCN1c1cc(N2CCOCC2)nc(NC(=S)NCC2(c3ccc(Cl)cc3)CCOCC2)n1. The molecule has 0 spiro atoms. The predicted molar refractivity (Wildman–Crippen MR) is 153 cm³/mol. The zero-order valence-corrected chi connectivity index (χ0v) is 23.1. The molecule has 3 saturated heterocycles. The van der Waals surface area contributed by atoms with Crippen LogP contribution in [-0.2, 0) is 14.9 Å². The Labute approximate surface area is 230 Å². The summed E-state index contributed by atoms with van der Waals surface area (Å²) in [5.41, 5.74) is 1.18. The average molecular weight is 545 g/mol. The van der Waals surface area contributed by atoms with Gasteiger partial charge in [-0.2, -0.15) is 9.97 Å². The number of thiocarbonyl (C=S) groups is 1. The zero-order valence-electron chi connectivity index (χ0n) is 21.5. The molecule has 0 bridgehead atoms. The van der Waals surface area contributed by atoms with E-state index in [1.807, 2.05) is 12.1 Å². The first-order valence-electron chi connectivity index (χ1n) is 13.4. The molecular formula is C27H37ClN6O2S. The van der Waals surface area contributed by atoms with Crippen LogP contribution in [-0.4, -0.2) is 73.7 Å². The van der Waals surface area contributed by atoms with E-state index in [0.717, 1.165) is 62.3 Å². The number of benzene rings is 1. The molecule has 8 nitrogen and oxygen atoms in total. The summed E-state index contributed by atoms with van der Waals surface area (Å²) in [5, 5.41) is 8.03. The van der Waals surface area contributed by atoms with Gasteiger partial charge in [-0.3, -0.25) is 0 Å². The van der Waals surface area contributed by atoms with Gasteiger partial charge in [-0.15, -0.1) is 0 Å². The fourth-order valence-corrected chi connectivity index (χ4v) is 5.84. The van der Waals surface area contributed by atoms with E-state index in [2.05, 4.69) is 45.6 Å². The van der Waals surface area contributed by atoms with Gasteiger partial charge in [0.1, 0.15) is 11.6 Å². The Kier molecular flexibility index (Phi) is 8.64. The van der Waals surface area contributed by atoms with E-state index in [9.17, 15) is 0 Å². The molecule has 10 heteroatoms. The third-order valence-corrected chi connectivity index (χ3v) is 8.35. The Bertz CT molecular complexity index is 1060. The molecule has 3 aliphatic heterocycles. The van der Waals surface area contributed by atoms with Crippen LogP contribution < -0.4 is 20.4 Å². The van der Waals surface area contributed by atoms with Gasteiger partial charge >= 0.3 is 0 Å². The predicted octanol–water partition coefficient (Wildman–Crippen LogP) is 4.38. The summed E-state index contributed by atoms with van der Waals surface area (Å²) in [6.45, 7) is 8.49. The lowest BCUT2D eigenvalue weighted by molar-refractivity contribution is 0.0515. The summed E-state index contributed by atoms with van der Waals surface area (Å²) in [7, 11) is 0. The number of halogens is 1. The summed E-state index contributed by atoms with van der Waals surface area (Å²) in [4.78, 5) is 14.4. The van der Waals surface area contributed by atoms with Gasteiger partial charge in [0.2, 0.25) is 5.95 Å². The van der Waals surface area contributed by atoms with Gasteiger partial charge in [0.05, 0.1) is 13.2 Å². The average Bonchev–Trinajstić information content (AvgIpc) is 2.93. The lowest BCUT2D eigenvalue weighted by Gasteiger charge is -2.38. The fourth-order valence-electron chi connectivity index (χ4n) is 5.55. The molecule has 1 unspecified atom stereocenters. The van der Waals surface area contributed by atoms with Crippen molar-refractivity contribution in [2.24, 2.45) is 0 Å². The number of morpholine rings is 1. The van der Waals surface area contributed by atoms with Crippen molar-refractivity contribution in [2.75, 3.05) is 67.7 Å². The highest BCUT2D eigenvalue weighted by atomic mass is 35.5. The first kappa shape index (κ1) is 26.4. The van der Waals surface area contributed by atoms with Gasteiger partial charge in [-0.25, -0.2) is 0 Å². The molecular weight excluding hydrogens is 508 g/mol. The van der Waals surface area contributed by atoms with Crippen molar-refractivity contribution in [3.05, 3.63) is 40.9 Å². The number of nitrogens with one attached hydrogen (secondary N) is 2. The third kappa shape index (κ3) is 6.45. The molecule has 2 aromatic rings. The Morgan fingerprint density at radius 1 is 1.03 bits per heavy atom. The van der Waals surface area contributed by atoms with Gasteiger partial charge in [-0.05, 0) is 68.9 Å². The van der Waals surface area contributed by atoms with E-state index in [0.29, 0.717) is 36.9 Å². The number of piperidine rings is 1. The summed E-state index contributed by atoms with van der Waals surface area (Å²) < 4.78 is 11.2. The molecule has 37 heavy (non-hydrogen) atoms. The van der Waals surface area contributed by atoms with Crippen LogP contribution in [0.15, 0.2) is 30.3 Å². The normalized spacial score (nSPS) is 21.9. The molecule has 2 N–H and O–H groups in total. The molecule has 1 aromatic heterocycles. The van der Waals surface area contributed by atoms with Crippen molar-refractivity contribution < 1.29 is 9.47 Å². The van der Waals surface area contributed by atoms with Crippen LogP contribution in [0, 0.1) is 0 Å². The van der Waals surface area contributed by atoms with E-state index >= 15 is 0 Å². The molecule has 1 aromatic carbocycles. The number of rotatable bonds is 6. The Morgan fingerprint density at radius 2 is 1.73 bits per heavy atom. The van der Waals surface area contributed by atoms with Crippen molar-refractivity contribution in [1.29, 1.82) is 0 Å². The highest BCUT2D eigenvalue weighted by molar-refractivity contribution is 7.80. The van der Waals surface area contributed by atoms with E-state index in [1.54, 1.807) is 0 Å². The third-order valence-electron chi connectivity index (χ3n) is 7.85. The van der Waals surface area contributed by atoms with Gasteiger partial charge < -0.3 is 29.9 Å². The largest absolute Gasteiger partial charge is 0.381 e. The lowest BCUT2D eigenvalue weighted by Crippen LogP contribution is -2.45. The van der Waals surface area contributed by atoms with Crippen molar-refractivity contribution in [3.8, 4) is 0 Å². The van der Waals surface area contributed by atoms with E-state index in [4.69, 9.17) is 43.3 Å². The molecule has 0 radical (unpaired) electrons. The van der Waals surface area contributed by atoms with Gasteiger partial charge in [0.25, 0.3) is 0 Å². The lowest BCUT2D eigenvalue weighted by atomic mass is 9.74. The Morgan fingerprint density at radius 3 is 2.46 bits per heavy atom. The number of hydrogen-bond donors (Lipinski definition) is 2. The number of hydrogen-bond acceptors (Lipinski definition) is 7. The second-order valence-corrected chi connectivity index (χ2v) is 11.1. The molecule has 4 heterocycles. The summed E-state index contributed by atoms with van der Waals surface area (Å²) in [6.07, 6.45) is 5.46. The first-order chi connectivity index (χ1) is 18.0. The standard InChI is InChI=1S/C27H37ClN6O2S/c1-20-4-2-3-11-34(20)24-18-23(33-12-16-36-17-13-33)30-25(31-24)32-26(37)29-19-27(9-14-35-15-10-27)21-5-7-22(28)8-6-21/h5-8,18,20H,2-4,9-17,19H2,1H3,(H2,29,30,31,32,37). The maximum atomic E-state index is 6.16. The zero-order chi connectivity index (χ0) is 25.7. The van der Waals surface area contributed by atoms with Crippen LogP contribution in [0.2, 0.25) is 5.02 Å². The fraction of sp³-hybridized carbons (Fsp3) is 0.593. The summed E-state index contributed by atoms with van der Waals surface area (Å²) in [6, 6.07) is 10.7. The van der Waals surface area contributed by atoms with Crippen molar-refractivity contribution in [3.63, 3.8) is 0 Å². The maximum absolute atomic E-state index is 6.16. The molecule has 0 aliphatic carbocycles. The van der Waals surface area contributed by atoms with Gasteiger partial charge in [-0.1, -0.05) is 23.7 Å². The van der Waals surface area contributed by atoms with Gasteiger partial charge in [0.15, 0.2) is 5.11 Å². The number of aromatic nitrogens is 2. The Hall–Kier alpha value is -2.20. The Balaban J connectivity index is 1.33. The maximum Gasteiger partial charge on any atom is 0.232 e. The summed E-state index contributed by atoms with van der Waals surface area (Å²) in [5.74, 6) is 2.40. The second-order valence-electron chi connectivity index (χ2n) is 10.3. The van der Waals surface area contributed by atoms with Crippen LogP contribution in [0.3, 0.4) is 0 Å². The topological polar surface area (TPSA) is 74.8 Å². The van der Waals surface area contributed by atoms with Crippen LogP contribution in [0.1, 0.15) is 44.6 Å². The minimum Gasteiger partial charge on any atom is -0.381 e. The molecule has 3 fully saturated rings. The molecule has 1 atom stereocenters. The molecule has 0 amide bonds. The molecule has 5 rings (SSSR count). The van der Waals surface area contributed by atoms with Gasteiger partial charge in [0, 0.05) is 61.9 Å². The van der Waals surface area contributed by atoms with Crippen molar-refractivity contribution in [1.82, 2.24) is 15.3 Å². The molecule has 3 aliphatic rings. The summed E-state index contributed by atoms with van der Waals surface area (Å²) >= 11 is 11.9. The quantitative estimate of drug-likeness (QED) is 0.515. The molecule has 200 valence electrons. The number of anilines is 3. The first-order valence-corrected chi connectivity index (χ1v) is 14.2. The number of nitrogens with zero attached hydrogens (tertiary/aromatic N) is 4. The minimum atomic E-state index is -0.0700. The highest BCUT2D eigenvalue weighted by Crippen LogP contribution is 2.35. The monoisotopic (exact) mass is 544 g/mol. The second kappa shape index (κ2) is 12.1. The van der Waals surface area contributed by atoms with E-state index < -0.39 is 0 Å². The van der Waals surface area contributed by atoms with Crippen molar-refractivity contribution >= 4 is 46.5 Å². The number of ether oxygens (including phenoxy) is 2. The van der Waals surface area contributed by atoms with Crippen LogP contribution >= 0.6 is 23.8 Å². The minimum absolute atomic E-state index is 0.0700. The van der Waals surface area contributed by atoms with Crippen molar-refractivity contribution in [2.45, 2.75) is 50.5 Å². The van der Waals surface area contributed by atoms with Crippen LogP contribution in [0.25, 0.3) is 0 Å².